The zero-order valence-electron chi connectivity index (χ0n) is 33.2. The molecule has 3 unspecified atom stereocenters. The zero-order chi connectivity index (χ0) is 42.3. The number of ether oxygens (including phenoxy) is 1. The van der Waals surface area contributed by atoms with Gasteiger partial charge in [0.2, 0.25) is 23.6 Å². The number of hydrogen-bond donors (Lipinski definition) is 6. The molecule has 312 valence electrons. The second kappa shape index (κ2) is 21.3. The van der Waals surface area contributed by atoms with Gasteiger partial charge in [0.25, 0.3) is 0 Å². The summed E-state index contributed by atoms with van der Waals surface area (Å²) in [6.45, 7) is 2.76. The van der Waals surface area contributed by atoms with Gasteiger partial charge in [-0.05, 0) is 61.4 Å². The molecule has 15 nitrogen and oxygen atoms in total. The predicted molar refractivity (Wildman–Crippen MR) is 216 cm³/mol. The van der Waals surface area contributed by atoms with Gasteiger partial charge in [-0.1, -0.05) is 67.5 Å². The van der Waals surface area contributed by atoms with E-state index in [1.54, 1.807) is 22.9 Å². The fourth-order valence-corrected chi connectivity index (χ4v) is 6.70. The van der Waals surface area contributed by atoms with Gasteiger partial charge in [0.15, 0.2) is 17.6 Å². The maximum atomic E-state index is 15.2. The number of halogens is 1. The van der Waals surface area contributed by atoms with Crippen molar-refractivity contribution in [2.24, 2.45) is 0 Å². The van der Waals surface area contributed by atoms with Crippen LogP contribution in [0, 0.1) is 5.82 Å². The van der Waals surface area contributed by atoms with Gasteiger partial charge in [-0.3, -0.25) is 29.3 Å². The Hall–Kier alpha value is -6.45. The first-order valence-electron chi connectivity index (χ1n) is 19.8. The predicted octanol–water partition coefficient (Wildman–Crippen LogP) is 3.17. The largest absolute Gasteiger partial charge is 0.491 e. The molecule has 4 amide bonds. The van der Waals surface area contributed by atoms with Gasteiger partial charge < -0.3 is 31.1 Å². The average molecular weight is 813 g/mol. The van der Waals surface area contributed by atoms with E-state index in [-0.39, 0.29) is 18.1 Å². The standard InChI is InChI=1S/C43H50FN7O8/c1-27(47-38(53)25-46-42(57)34(24-39(54)55)48-28(2)52)41(56)45-19-11-3-4-12-20-59-37-18-17-30(21-32(37)44)23-35-43(58)51-26-36(31-15-9-6-10-16-31)49-33(40(51)50-35)22-29-13-7-5-8-14-29/h5,7-9,13-18,21,26-27,34-35H,3-4,6,10-12,19-20,22-25H2,1-2H3,(H5,45,46,47,48,52,53,54,55,56,57)/p+1. The number of carbonyl (C=O) groups excluding carboxylic acids is 5. The van der Waals surface area contributed by atoms with E-state index in [1.165, 1.54) is 13.0 Å². The van der Waals surface area contributed by atoms with Crippen LogP contribution in [0.3, 0.4) is 0 Å². The van der Waals surface area contributed by atoms with Crippen molar-refractivity contribution in [1.29, 1.82) is 0 Å². The number of rotatable bonds is 21. The fraction of sp³-hybridized carbons (Fsp3) is 0.395. The number of carboxylic acid groups (broad SMARTS) is 1. The van der Waals surface area contributed by atoms with Gasteiger partial charge in [0.1, 0.15) is 29.7 Å². The van der Waals surface area contributed by atoms with Crippen LogP contribution in [-0.2, 0) is 36.8 Å². The Morgan fingerprint density at radius 3 is 2.47 bits per heavy atom. The summed E-state index contributed by atoms with van der Waals surface area (Å²) < 4.78 is 22.5. The molecule has 0 spiro atoms. The van der Waals surface area contributed by atoms with Crippen molar-refractivity contribution < 1.29 is 47.6 Å². The van der Waals surface area contributed by atoms with Gasteiger partial charge in [0.05, 0.1) is 19.6 Å². The molecule has 1 aromatic heterocycles. The lowest BCUT2D eigenvalue weighted by Crippen LogP contribution is -2.51. The molecule has 3 aromatic rings. The minimum atomic E-state index is -1.34. The summed E-state index contributed by atoms with van der Waals surface area (Å²) in [5.41, 5.74) is 4.21. The molecule has 1 aliphatic heterocycles. The smallest absolute Gasteiger partial charge is 0.359 e. The van der Waals surface area contributed by atoms with Crippen molar-refractivity contribution in [3.05, 3.63) is 101 Å². The first-order valence-corrected chi connectivity index (χ1v) is 19.8. The number of unbranched alkanes of at least 4 members (excludes halogenated alkanes) is 3. The molecule has 0 fully saturated rings. The summed E-state index contributed by atoms with van der Waals surface area (Å²) >= 11 is 0. The second-order valence-corrected chi connectivity index (χ2v) is 14.5. The van der Waals surface area contributed by atoms with Crippen molar-refractivity contribution in [3.63, 3.8) is 0 Å². The highest BCUT2D eigenvalue weighted by atomic mass is 19.1. The highest BCUT2D eigenvalue weighted by Crippen LogP contribution is 2.26. The Labute approximate surface area is 341 Å². The number of carbonyl (C=O) groups is 6. The number of amides is 4. The molecule has 2 aliphatic rings. The fourth-order valence-electron chi connectivity index (χ4n) is 6.70. The van der Waals surface area contributed by atoms with E-state index in [0.29, 0.717) is 43.8 Å². The molecule has 6 N–H and O–H groups in total. The van der Waals surface area contributed by atoms with Gasteiger partial charge in [0, 0.05) is 26.3 Å². The van der Waals surface area contributed by atoms with Crippen molar-refractivity contribution in [2.75, 3.05) is 25.0 Å². The molecule has 2 heterocycles. The molecule has 3 atom stereocenters. The van der Waals surface area contributed by atoms with Crippen molar-refractivity contribution >= 4 is 46.9 Å². The van der Waals surface area contributed by atoms with Gasteiger partial charge in [-0.25, -0.2) is 14.2 Å². The third-order valence-corrected chi connectivity index (χ3v) is 9.70. The Balaban J connectivity index is 1.01. The molecule has 0 saturated heterocycles. The van der Waals surface area contributed by atoms with Crippen LogP contribution < -0.4 is 35.9 Å². The van der Waals surface area contributed by atoms with Crippen LogP contribution >= 0.6 is 0 Å². The summed E-state index contributed by atoms with van der Waals surface area (Å²) in [6, 6.07) is 11.9. The molecular formula is C43H51FN7O8+. The Morgan fingerprint density at radius 1 is 0.983 bits per heavy atom. The maximum absolute atomic E-state index is 15.2. The lowest BCUT2D eigenvalue weighted by molar-refractivity contribution is -0.553. The van der Waals surface area contributed by atoms with Crippen LogP contribution in [0.5, 0.6) is 5.75 Å². The van der Waals surface area contributed by atoms with Crippen molar-refractivity contribution in [1.82, 2.24) is 26.3 Å². The molecule has 0 radical (unpaired) electrons. The van der Waals surface area contributed by atoms with Crippen LogP contribution in [0.4, 0.5) is 10.2 Å². The maximum Gasteiger partial charge on any atom is 0.359 e. The summed E-state index contributed by atoms with van der Waals surface area (Å²) in [5.74, 6) is -3.70. The van der Waals surface area contributed by atoms with E-state index in [4.69, 9.17) is 14.8 Å². The number of carboxylic acids is 1. The highest BCUT2D eigenvalue weighted by molar-refractivity contribution is 5.93. The first-order chi connectivity index (χ1) is 28.4. The van der Waals surface area contributed by atoms with E-state index >= 15 is 4.39 Å². The monoisotopic (exact) mass is 812 g/mol. The van der Waals surface area contributed by atoms with Crippen LogP contribution in [0.1, 0.15) is 86.1 Å². The number of nitrogens with one attached hydrogen (secondary N) is 5. The topological polar surface area (TPSA) is 209 Å². The summed E-state index contributed by atoms with van der Waals surface area (Å²) in [4.78, 5) is 77.7. The lowest BCUT2D eigenvalue weighted by atomic mass is 10.0. The van der Waals surface area contributed by atoms with E-state index in [9.17, 15) is 28.8 Å². The van der Waals surface area contributed by atoms with E-state index in [2.05, 4.69) is 38.7 Å². The van der Waals surface area contributed by atoms with Crippen LogP contribution in [0.15, 0.2) is 73.0 Å². The molecule has 2 aromatic carbocycles. The van der Waals surface area contributed by atoms with Gasteiger partial charge >= 0.3 is 17.7 Å². The van der Waals surface area contributed by atoms with E-state index in [0.717, 1.165) is 55.1 Å². The number of benzene rings is 2. The number of anilines is 1. The third kappa shape index (κ3) is 13.0. The second-order valence-electron chi connectivity index (χ2n) is 14.5. The number of fused-ring (bicyclic) bond motifs is 1. The molecule has 1 aliphatic carbocycles. The number of aromatic nitrogens is 2. The third-order valence-electron chi connectivity index (χ3n) is 9.70. The zero-order valence-corrected chi connectivity index (χ0v) is 33.2. The summed E-state index contributed by atoms with van der Waals surface area (Å²) in [5, 5.41) is 22.0. The quantitative estimate of drug-likeness (QED) is 0.0684. The normalized spacial score (nSPS) is 15.2. The molecular weight excluding hydrogens is 762 g/mol. The van der Waals surface area contributed by atoms with Crippen molar-refractivity contribution in [3.8, 4) is 5.75 Å². The van der Waals surface area contributed by atoms with Gasteiger partial charge in [-0.2, -0.15) is 4.57 Å². The van der Waals surface area contributed by atoms with E-state index < -0.39 is 66.5 Å². The highest BCUT2D eigenvalue weighted by Gasteiger charge is 2.41. The number of allylic oxidation sites excluding steroid dienone is 4. The SMILES string of the molecule is CC(=O)NC(CC(=O)O)C(=O)NCC(=O)NC(C)C(=O)NCCCCCCOc1ccc(CC2Nc3c(Cc4ccccc4)nc(C4=CCCC=C4)c[n+]3C2=O)cc1F. The Bertz CT molecular complexity index is 2080. The molecule has 0 saturated carbocycles. The van der Waals surface area contributed by atoms with Crippen molar-refractivity contribution in [2.45, 2.75) is 89.8 Å². The number of nitrogens with zero attached hydrogens (tertiary/aromatic N) is 2. The minimum absolute atomic E-state index is 0.126. The Morgan fingerprint density at radius 2 is 1.76 bits per heavy atom. The lowest BCUT2D eigenvalue weighted by Gasteiger charge is -2.17. The summed E-state index contributed by atoms with van der Waals surface area (Å²) in [6.07, 6.45) is 13.0. The molecule has 59 heavy (non-hydrogen) atoms. The summed E-state index contributed by atoms with van der Waals surface area (Å²) in [7, 11) is 0. The molecule has 16 heteroatoms. The van der Waals surface area contributed by atoms with Crippen LogP contribution in [-0.4, -0.2) is 83.4 Å². The first kappa shape index (κ1) is 43.7. The van der Waals surface area contributed by atoms with E-state index in [1.807, 2.05) is 36.4 Å². The number of hydrogen-bond acceptors (Lipinski definition) is 9. The Kier molecular flexibility index (Phi) is 15.8. The van der Waals surface area contributed by atoms with Gasteiger partial charge in [-0.15, -0.1) is 0 Å². The molecule has 0 bridgehead atoms. The number of aliphatic carboxylic acids is 1. The molecule has 5 rings (SSSR count). The van der Waals surface area contributed by atoms with Crippen LogP contribution in [0.25, 0.3) is 5.57 Å². The van der Waals surface area contributed by atoms with Crippen LogP contribution in [0.2, 0.25) is 0 Å². The minimum Gasteiger partial charge on any atom is -0.491 e. The average Bonchev–Trinajstić information content (AvgIpc) is 3.52.